The molecule has 0 aliphatic heterocycles. The minimum absolute atomic E-state index is 0.139. The quantitative estimate of drug-likeness (QED) is 0.423. The average molecular weight is 358 g/mol. The molecule has 2 aromatic heterocycles. The normalized spacial score (nSPS) is 11.3. The van der Waals surface area contributed by atoms with E-state index >= 15 is 0 Å². The average Bonchev–Trinajstić information content (AvgIpc) is 3.02. The van der Waals surface area contributed by atoms with Gasteiger partial charge in [0.2, 0.25) is 0 Å². The molecule has 4 rings (SSSR count). The fraction of sp³-hybridized carbons (Fsp3) is 0.0952. The van der Waals surface area contributed by atoms with E-state index in [-0.39, 0.29) is 12.5 Å². The summed E-state index contributed by atoms with van der Waals surface area (Å²) in [7, 11) is 0. The highest BCUT2D eigenvalue weighted by atomic mass is 16.5. The number of amides is 1. The zero-order chi connectivity index (χ0) is 18.6. The number of fused-ring (bicyclic) bond motifs is 2. The minimum atomic E-state index is -0.336. The molecule has 0 unspecified atom stereocenters. The Morgan fingerprint density at radius 3 is 2.96 bits per heavy atom. The number of pyridine rings is 1. The van der Waals surface area contributed by atoms with Crippen LogP contribution < -0.4 is 10.2 Å². The van der Waals surface area contributed by atoms with Crippen LogP contribution in [0.2, 0.25) is 0 Å². The predicted molar refractivity (Wildman–Crippen MR) is 106 cm³/mol. The van der Waals surface area contributed by atoms with Gasteiger partial charge in [0.1, 0.15) is 11.3 Å². The van der Waals surface area contributed by atoms with E-state index in [0.717, 1.165) is 33.1 Å². The Kier molecular flexibility index (Phi) is 4.53. The van der Waals surface area contributed by atoms with Crippen LogP contribution in [0.25, 0.3) is 21.8 Å². The molecular weight excluding hydrogens is 340 g/mol. The number of para-hydroxylation sites is 2. The first-order chi connectivity index (χ1) is 13.2. The molecule has 0 radical (unpaired) electrons. The van der Waals surface area contributed by atoms with Crippen molar-refractivity contribution >= 4 is 33.9 Å². The van der Waals surface area contributed by atoms with Gasteiger partial charge >= 0.3 is 0 Å². The Morgan fingerprint density at radius 2 is 2.04 bits per heavy atom. The molecule has 0 atom stereocenters. The van der Waals surface area contributed by atoms with Crippen LogP contribution in [0.3, 0.4) is 0 Å². The molecule has 0 saturated carbocycles. The summed E-state index contributed by atoms with van der Waals surface area (Å²) in [6.07, 6.45) is 3.34. The summed E-state index contributed by atoms with van der Waals surface area (Å²) in [4.78, 5) is 19.6. The topological polar surface area (TPSA) is 79.4 Å². The van der Waals surface area contributed by atoms with E-state index in [1.54, 1.807) is 18.5 Å². The predicted octanol–water partition coefficient (Wildman–Crippen LogP) is 3.55. The zero-order valence-corrected chi connectivity index (χ0v) is 14.8. The molecule has 134 valence electrons. The van der Waals surface area contributed by atoms with Crippen molar-refractivity contribution in [2.75, 3.05) is 6.61 Å². The third-order valence-corrected chi connectivity index (χ3v) is 4.28. The smallest absolute Gasteiger partial charge is 0.277 e. The largest absolute Gasteiger partial charge is 0.481 e. The molecule has 2 N–H and O–H groups in total. The number of H-pyrrole nitrogens is 1. The lowest BCUT2D eigenvalue weighted by Gasteiger charge is -2.07. The molecule has 0 aliphatic rings. The third-order valence-electron chi connectivity index (χ3n) is 4.28. The van der Waals surface area contributed by atoms with E-state index in [0.29, 0.717) is 5.75 Å². The second-order valence-electron chi connectivity index (χ2n) is 6.12. The molecule has 0 spiro atoms. The van der Waals surface area contributed by atoms with Gasteiger partial charge in [-0.25, -0.2) is 5.43 Å². The van der Waals surface area contributed by atoms with Gasteiger partial charge in [0.15, 0.2) is 6.61 Å². The molecule has 6 nitrogen and oxygen atoms in total. The van der Waals surface area contributed by atoms with Crippen molar-refractivity contribution in [1.29, 1.82) is 0 Å². The summed E-state index contributed by atoms with van der Waals surface area (Å²) in [5.74, 6) is 0.233. The molecule has 0 aliphatic carbocycles. The van der Waals surface area contributed by atoms with Gasteiger partial charge in [-0.3, -0.25) is 9.78 Å². The Morgan fingerprint density at radius 1 is 1.19 bits per heavy atom. The number of ether oxygens (including phenoxy) is 1. The van der Waals surface area contributed by atoms with Crippen LogP contribution in [0.4, 0.5) is 0 Å². The third kappa shape index (κ3) is 3.50. The molecule has 4 aromatic rings. The number of carbonyl (C=O) groups excluding carboxylic acids is 1. The van der Waals surface area contributed by atoms with Crippen LogP contribution >= 0.6 is 0 Å². The number of carbonyl (C=O) groups is 1. The van der Waals surface area contributed by atoms with Gasteiger partial charge in [-0.2, -0.15) is 5.10 Å². The lowest BCUT2D eigenvalue weighted by Crippen LogP contribution is -2.24. The Labute approximate surface area is 155 Å². The van der Waals surface area contributed by atoms with Gasteiger partial charge in [-0.05, 0) is 25.1 Å². The van der Waals surface area contributed by atoms with Gasteiger partial charge in [-0.1, -0.05) is 36.4 Å². The number of aryl methyl sites for hydroxylation is 1. The maximum absolute atomic E-state index is 12.1. The molecule has 0 bridgehead atoms. The van der Waals surface area contributed by atoms with E-state index < -0.39 is 0 Å². The van der Waals surface area contributed by atoms with E-state index in [1.165, 1.54) is 0 Å². The van der Waals surface area contributed by atoms with Crippen molar-refractivity contribution in [2.24, 2.45) is 5.10 Å². The van der Waals surface area contributed by atoms with Gasteiger partial charge < -0.3 is 9.72 Å². The molecule has 2 heterocycles. The number of hydrogen-bond donors (Lipinski definition) is 2. The molecule has 0 saturated heterocycles. The molecule has 1 amide bonds. The van der Waals surface area contributed by atoms with Crippen molar-refractivity contribution in [2.45, 2.75) is 6.92 Å². The summed E-state index contributed by atoms with van der Waals surface area (Å²) in [6, 6.07) is 17.4. The summed E-state index contributed by atoms with van der Waals surface area (Å²) < 4.78 is 5.61. The summed E-state index contributed by atoms with van der Waals surface area (Å²) in [5.41, 5.74) is 6.21. The summed E-state index contributed by atoms with van der Waals surface area (Å²) in [6.45, 7) is 1.83. The van der Waals surface area contributed by atoms with E-state index in [9.17, 15) is 4.79 Å². The van der Waals surface area contributed by atoms with E-state index in [1.807, 2.05) is 55.5 Å². The van der Waals surface area contributed by atoms with Crippen molar-refractivity contribution in [1.82, 2.24) is 15.4 Å². The van der Waals surface area contributed by atoms with Gasteiger partial charge in [0.05, 0.1) is 6.21 Å². The van der Waals surface area contributed by atoms with Crippen LogP contribution in [-0.4, -0.2) is 28.7 Å². The minimum Gasteiger partial charge on any atom is -0.481 e. The maximum Gasteiger partial charge on any atom is 0.277 e. The lowest BCUT2D eigenvalue weighted by atomic mass is 10.1. The van der Waals surface area contributed by atoms with Crippen molar-refractivity contribution in [3.05, 3.63) is 72.1 Å². The number of nitrogens with zero attached hydrogens (tertiary/aromatic N) is 2. The van der Waals surface area contributed by atoms with Crippen LogP contribution in [0.15, 0.2) is 65.9 Å². The molecule has 27 heavy (non-hydrogen) atoms. The summed E-state index contributed by atoms with van der Waals surface area (Å²) in [5, 5.41) is 6.08. The fourth-order valence-electron chi connectivity index (χ4n) is 3.00. The first-order valence-corrected chi connectivity index (χ1v) is 8.58. The number of hydrogen-bond acceptors (Lipinski definition) is 4. The Bertz CT molecular complexity index is 1140. The molecular formula is C21H18N4O2. The zero-order valence-electron chi connectivity index (χ0n) is 14.8. The number of benzene rings is 2. The van der Waals surface area contributed by atoms with Crippen LogP contribution in [0.5, 0.6) is 5.75 Å². The fourth-order valence-corrected chi connectivity index (χ4v) is 3.00. The molecule has 0 fully saturated rings. The molecule has 6 heteroatoms. The SMILES string of the molecule is Cc1[nH]c2ccccc2c1C=NNC(=O)COc1cccc2cccnc12. The van der Waals surface area contributed by atoms with Crippen molar-refractivity contribution < 1.29 is 9.53 Å². The second kappa shape index (κ2) is 7.29. The Balaban J connectivity index is 1.41. The first kappa shape index (κ1) is 16.8. The second-order valence-corrected chi connectivity index (χ2v) is 6.12. The van der Waals surface area contributed by atoms with Gasteiger partial charge in [0.25, 0.3) is 5.91 Å². The number of nitrogens with one attached hydrogen (secondary N) is 2. The van der Waals surface area contributed by atoms with Crippen molar-refractivity contribution in [3.63, 3.8) is 0 Å². The molecule has 2 aromatic carbocycles. The number of aromatic nitrogens is 2. The van der Waals surface area contributed by atoms with E-state index in [4.69, 9.17) is 4.74 Å². The van der Waals surface area contributed by atoms with Crippen LogP contribution in [0.1, 0.15) is 11.3 Å². The van der Waals surface area contributed by atoms with Crippen LogP contribution in [-0.2, 0) is 4.79 Å². The first-order valence-electron chi connectivity index (χ1n) is 8.58. The van der Waals surface area contributed by atoms with Gasteiger partial charge in [-0.15, -0.1) is 0 Å². The number of hydrazone groups is 1. The standard InChI is InChI=1S/C21H18N4O2/c1-14-17(16-8-2-3-9-18(16)24-14)12-23-25-20(26)13-27-19-10-4-6-15-7-5-11-22-21(15)19/h2-12,24H,13H2,1H3,(H,25,26). The Hall–Kier alpha value is -3.67. The number of aromatic amines is 1. The highest BCUT2D eigenvalue weighted by Crippen LogP contribution is 2.23. The number of rotatable bonds is 5. The van der Waals surface area contributed by atoms with Gasteiger partial charge in [0, 0.05) is 33.7 Å². The summed E-state index contributed by atoms with van der Waals surface area (Å²) >= 11 is 0. The highest BCUT2D eigenvalue weighted by Gasteiger charge is 2.07. The van der Waals surface area contributed by atoms with E-state index in [2.05, 4.69) is 20.5 Å². The lowest BCUT2D eigenvalue weighted by molar-refractivity contribution is -0.123. The van der Waals surface area contributed by atoms with Crippen molar-refractivity contribution in [3.8, 4) is 5.75 Å². The monoisotopic (exact) mass is 358 g/mol. The highest BCUT2D eigenvalue weighted by molar-refractivity contribution is 6.00. The van der Waals surface area contributed by atoms with Crippen LogP contribution in [0, 0.1) is 6.92 Å². The maximum atomic E-state index is 12.1.